The number of nitrogens with one attached hydrogen (secondary N) is 1. The number of nitro benzene ring substituents is 1. The van der Waals surface area contributed by atoms with Crippen molar-refractivity contribution in [3.8, 4) is 0 Å². The molecule has 0 aromatic heterocycles. The van der Waals surface area contributed by atoms with Crippen LogP contribution in [0.2, 0.25) is 0 Å². The molecule has 2 amide bonds. The second-order valence-electron chi connectivity index (χ2n) is 8.31. The molecule has 2 aromatic carbocycles. The Labute approximate surface area is 198 Å². The summed E-state index contributed by atoms with van der Waals surface area (Å²) in [5.41, 5.74) is 1.66. The van der Waals surface area contributed by atoms with E-state index in [0.29, 0.717) is 42.3 Å². The molecule has 0 bridgehead atoms. The third-order valence-electron chi connectivity index (χ3n) is 5.60. The Morgan fingerprint density at radius 3 is 2.67 bits per heavy atom. The Balaban J connectivity index is 1.66. The predicted octanol–water partition coefficient (Wildman–Crippen LogP) is 5.01. The zero-order chi connectivity index (χ0) is 24.0. The first-order valence-corrected chi connectivity index (χ1v) is 11.9. The van der Waals surface area contributed by atoms with Crippen molar-refractivity contribution < 1.29 is 14.5 Å². The van der Waals surface area contributed by atoms with Crippen LogP contribution in [0.3, 0.4) is 0 Å². The number of nitro groups is 1. The molecule has 3 rings (SSSR count). The Bertz CT molecular complexity index is 1070. The van der Waals surface area contributed by atoms with Gasteiger partial charge in [-0.15, -0.1) is 0 Å². The molecule has 0 spiro atoms. The smallest absolute Gasteiger partial charge is 0.283 e. The van der Waals surface area contributed by atoms with Crippen LogP contribution in [-0.2, 0) is 9.59 Å². The summed E-state index contributed by atoms with van der Waals surface area (Å²) in [5, 5.41) is 14.6. The molecule has 8 heteroatoms. The minimum Gasteiger partial charge on any atom is -0.352 e. The van der Waals surface area contributed by atoms with E-state index in [4.69, 9.17) is 0 Å². The molecule has 1 N–H and O–H groups in total. The normalized spacial score (nSPS) is 13.4. The van der Waals surface area contributed by atoms with E-state index in [9.17, 15) is 19.7 Å². The summed E-state index contributed by atoms with van der Waals surface area (Å²) in [6.07, 6.45) is 2.13. The van der Waals surface area contributed by atoms with Crippen LogP contribution in [0.25, 0.3) is 5.57 Å². The summed E-state index contributed by atoms with van der Waals surface area (Å²) in [6.45, 7) is 9.80. The van der Waals surface area contributed by atoms with Gasteiger partial charge in [-0.05, 0) is 42.0 Å². The largest absolute Gasteiger partial charge is 0.352 e. The molecular weight excluding hydrogens is 438 g/mol. The zero-order valence-electron chi connectivity index (χ0n) is 19.0. The van der Waals surface area contributed by atoms with Gasteiger partial charge in [-0.25, -0.2) is 0 Å². The highest BCUT2D eigenvalue weighted by Gasteiger charge is 2.21. The van der Waals surface area contributed by atoms with Crippen molar-refractivity contribution in [2.75, 3.05) is 19.6 Å². The van der Waals surface area contributed by atoms with Crippen LogP contribution in [0.5, 0.6) is 0 Å². The lowest BCUT2D eigenvalue weighted by molar-refractivity contribution is -0.387. The van der Waals surface area contributed by atoms with Gasteiger partial charge in [0.1, 0.15) is 0 Å². The maximum absolute atomic E-state index is 12.5. The standard InChI is InChI=1S/C25H29N3O4S/c1-17(2)20-8-4-5-9-22(20)33-23-12-11-19(16-21(23)28(31)32)18(3)25(30)26-13-7-15-27-14-6-10-24(27)29/h4-5,8-9,11-12,16-17H,3,6-7,10,13-15H2,1-2H3,(H,26,30). The van der Waals surface area contributed by atoms with Gasteiger partial charge in [0.05, 0.1) is 9.82 Å². The first kappa shape index (κ1) is 24.5. The van der Waals surface area contributed by atoms with Crippen molar-refractivity contribution in [3.63, 3.8) is 0 Å². The molecule has 0 atom stereocenters. The highest BCUT2D eigenvalue weighted by molar-refractivity contribution is 7.99. The number of hydrogen-bond acceptors (Lipinski definition) is 5. The summed E-state index contributed by atoms with van der Waals surface area (Å²) in [5.74, 6) is 0.0775. The number of amides is 2. The van der Waals surface area contributed by atoms with Gasteiger partial charge in [-0.2, -0.15) is 0 Å². The molecule has 0 aliphatic carbocycles. The van der Waals surface area contributed by atoms with Gasteiger partial charge in [-0.3, -0.25) is 19.7 Å². The third-order valence-corrected chi connectivity index (χ3v) is 6.76. The molecule has 174 valence electrons. The third kappa shape index (κ3) is 6.22. The van der Waals surface area contributed by atoms with Crippen LogP contribution < -0.4 is 5.32 Å². The first-order chi connectivity index (χ1) is 15.8. The molecule has 0 radical (unpaired) electrons. The van der Waals surface area contributed by atoms with E-state index in [1.54, 1.807) is 17.0 Å². The van der Waals surface area contributed by atoms with Crippen LogP contribution in [0, 0.1) is 10.1 Å². The van der Waals surface area contributed by atoms with Crippen molar-refractivity contribution in [2.24, 2.45) is 0 Å². The number of carbonyl (C=O) groups excluding carboxylic acids is 2. The Hall–Kier alpha value is -3.13. The first-order valence-electron chi connectivity index (χ1n) is 11.1. The number of rotatable bonds is 10. The highest BCUT2D eigenvalue weighted by Crippen LogP contribution is 2.39. The summed E-state index contributed by atoms with van der Waals surface area (Å²) in [6, 6.07) is 12.6. The van der Waals surface area contributed by atoms with Crippen LogP contribution in [0.4, 0.5) is 5.69 Å². The molecule has 0 unspecified atom stereocenters. The topological polar surface area (TPSA) is 92.6 Å². The second-order valence-corrected chi connectivity index (χ2v) is 9.39. The van der Waals surface area contributed by atoms with Gasteiger partial charge in [-0.1, -0.05) is 56.5 Å². The lowest BCUT2D eigenvalue weighted by atomic mass is 10.0. The van der Waals surface area contributed by atoms with E-state index >= 15 is 0 Å². The van der Waals surface area contributed by atoms with Gasteiger partial charge in [0.15, 0.2) is 0 Å². The fourth-order valence-corrected chi connectivity index (χ4v) is 4.93. The van der Waals surface area contributed by atoms with Crippen molar-refractivity contribution in [1.29, 1.82) is 0 Å². The number of benzene rings is 2. The van der Waals surface area contributed by atoms with E-state index < -0.39 is 4.92 Å². The summed E-state index contributed by atoms with van der Waals surface area (Å²) >= 11 is 1.35. The Kier molecular flexibility index (Phi) is 8.27. The number of carbonyl (C=O) groups is 2. The number of nitrogens with zero attached hydrogens (tertiary/aromatic N) is 2. The minimum absolute atomic E-state index is 0.0578. The van der Waals surface area contributed by atoms with Gasteiger partial charge in [0, 0.05) is 42.6 Å². The number of hydrogen-bond donors (Lipinski definition) is 1. The predicted molar refractivity (Wildman–Crippen MR) is 130 cm³/mol. The second kappa shape index (κ2) is 11.1. The fraction of sp³-hybridized carbons (Fsp3) is 0.360. The Morgan fingerprint density at radius 1 is 1.24 bits per heavy atom. The average Bonchev–Trinajstić information content (AvgIpc) is 3.21. The summed E-state index contributed by atoms with van der Waals surface area (Å²) in [4.78, 5) is 38.8. The van der Waals surface area contributed by atoms with Gasteiger partial charge < -0.3 is 10.2 Å². The molecule has 1 saturated heterocycles. The van der Waals surface area contributed by atoms with Crippen molar-refractivity contribution >= 4 is 34.8 Å². The fourth-order valence-electron chi connectivity index (χ4n) is 3.75. The van der Waals surface area contributed by atoms with Crippen molar-refractivity contribution in [3.05, 3.63) is 70.3 Å². The molecule has 33 heavy (non-hydrogen) atoms. The minimum atomic E-state index is -0.429. The van der Waals surface area contributed by atoms with E-state index in [0.717, 1.165) is 23.4 Å². The SMILES string of the molecule is C=C(C(=O)NCCCN1CCCC1=O)c1ccc(Sc2ccccc2C(C)C)c([N+](=O)[O-])c1. The molecule has 7 nitrogen and oxygen atoms in total. The van der Waals surface area contributed by atoms with Gasteiger partial charge in [0.2, 0.25) is 5.91 Å². The van der Waals surface area contributed by atoms with Gasteiger partial charge >= 0.3 is 0 Å². The zero-order valence-corrected chi connectivity index (χ0v) is 19.8. The molecular formula is C25H29N3O4S. The molecule has 0 saturated carbocycles. The van der Waals surface area contributed by atoms with E-state index in [2.05, 4.69) is 25.7 Å². The van der Waals surface area contributed by atoms with Crippen LogP contribution >= 0.6 is 11.8 Å². The molecule has 2 aromatic rings. The maximum atomic E-state index is 12.5. The average molecular weight is 468 g/mol. The van der Waals surface area contributed by atoms with E-state index in [-0.39, 0.29) is 23.1 Å². The van der Waals surface area contributed by atoms with E-state index in [1.165, 1.54) is 17.8 Å². The van der Waals surface area contributed by atoms with Crippen LogP contribution in [0.1, 0.15) is 50.2 Å². The summed E-state index contributed by atoms with van der Waals surface area (Å²) < 4.78 is 0. The lowest BCUT2D eigenvalue weighted by Crippen LogP contribution is -2.30. The highest BCUT2D eigenvalue weighted by atomic mass is 32.2. The maximum Gasteiger partial charge on any atom is 0.283 e. The monoisotopic (exact) mass is 467 g/mol. The molecule has 1 aliphatic rings. The van der Waals surface area contributed by atoms with E-state index in [1.807, 2.05) is 24.3 Å². The quantitative estimate of drug-likeness (QED) is 0.229. The summed E-state index contributed by atoms with van der Waals surface area (Å²) in [7, 11) is 0. The van der Waals surface area contributed by atoms with Crippen LogP contribution in [0.15, 0.2) is 58.8 Å². The number of likely N-dealkylation sites (tertiary alicyclic amines) is 1. The molecule has 1 heterocycles. The van der Waals surface area contributed by atoms with Gasteiger partial charge in [0.25, 0.3) is 11.6 Å². The van der Waals surface area contributed by atoms with Crippen molar-refractivity contribution in [1.82, 2.24) is 10.2 Å². The van der Waals surface area contributed by atoms with Crippen LogP contribution in [-0.4, -0.2) is 41.3 Å². The van der Waals surface area contributed by atoms with Crippen molar-refractivity contribution in [2.45, 2.75) is 48.8 Å². The molecule has 1 aliphatic heterocycles. The Morgan fingerprint density at radius 2 is 2.00 bits per heavy atom. The lowest BCUT2D eigenvalue weighted by Gasteiger charge is -2.15. The molecule has 1 fully saturated rings.